The van der Waals surface area contributed by atoms with E-state index < -0.39 is 0 Å². The van der Waals surface area contributed by atoms with Gasteiger partial charge < -0.3 is 9.47 Å². The van der Waals surface area contributed by atoms with E-state index in [9.17, 15) is 0 Å². The van der Waals surface area contributed by atoms with Gasteiger partial charge in [-0.2, -0.15) is 0 Å². The first-order chi connectivity index (χ1) is 8.24. The largest absolute Gasteiger partial charge is 0.497 e. The lowest BCUT2D eigenvalue weighted by atomic mass is 10.0. The van der Waals surface area contributed by atoms with E-state index in [0.29, 0.717) is 5.02 Å². The summed E-state index contributed by atoms with van der Waals surface area (Å²) in [4.78, 5) is 0. The summed E-state index contributed by atoms with van der Waals surface area (Å²) in [5.74, 6) is 1.60. The molecule has 2 aromatic rings. The van der Waals surface area contributed by atoms with Crippen molar-refractivity contribution in [2.75, 3.05) is 14.2 Å². The summed E-state index contributed by atoms with van der Waals surface area (Å²) in [5, 5.41) is 0.666. The molecule has 0 aliphatic heterocycles. The summed E-state index contributed by atoms with van der Waals surface area (Å²) in [6, 6.07) is 13.4. The van der Waals surface area contributed by atoms with Gasteiger partial charge in [0.05, 0.1) is 14.2 Å². The van der Waals surface area contributed by atoms with Crippen molar-refractivity contribution in [3.8, 4) is 22.6 Å². The highest BCUT2D eigenvalue weighted by molar-refractivity contribution is 6.30. The highest BCUT2D eigenvalue weighted by Gasteiger charge is 2.06. The van der Waals surface area contributed by atoms with Gasteiger partial charge in [-0.25, -0.2) is 0 Å². The first-order valence-corrected chi connectivity index (χ1v) is 5.60. The quantitative estimate of drug-likeness (QED) is 0.817. The average Bonchev–Trinajstić information content (AvgIpc) is 2.39. The molecule has 0 amide bonds. The predicted molar refractivity (Wildman–Crippen MR) is 70.0 cm³/mol. The summed E-state index contributed by atoms with van der Waals surface area (Å²) >= 11 is 5.93. The van der Waals surface area contributed by atoms with Crippen LogP contribution in [0.2, 0.25) is 5.02 Å². The number of hydrogen-bond acceptors (Lipinski definition) is 2. The number of ether oxygens (including phenoxy) is 2. The van der Waals surface area contributed by atoms with Crippen LogP contribution in [0.3, 0.4) is 0 Å². The van der Waals surface area contributed by atoms with Crippen LogP contribution in [-0.2, 0) is 0 Å². The van der Waals surface area contributed by atoms with Crippen LogP contribution in [0.4, 0.5) is 0 Å². The molecule has 0 bridgehead atoms. The maximum Gasteiger partial charge on any atom is 0.128 e. The van der Waals surface area contributed by atoms with Crippen molar-refractivity contribution in [2.24, 2.45) is 0 Å². The second-order valence-corrected chi connectivity index (χ2v) is 4.01. The van der Waals surface area contributed by atoms with Crippen molar-refractivity contribution in [1.82, 2.24) is 0 Å². The van der Waals surface area contributed by atoms with E-state index in [0.717, 1.165) is 22.6 Å². The fraction of sp³-hybridized carbons (Fsp3) is 0.143. The molecule has 17 heavy (non-hydrogen) atoms. The Hall–Kier alpha value is -1.67. The number of rotatable bonds is 3. The second-order valence-electron chi connectivity index (χ2n) is 3.57. The van der Waals surface area contributed by atoms with E-state index in [1.54, 1.807) is 20.3 Å². The Kier molecular flexibility index (Phi) is 3.55. The molecule has 2 rings (SSSR count). The summed E-state index contributed by atoms with van der Waals surface area (Å²) in [7, 11) is 3.29. The third kappa shape index (κ3) is 2.53. The van der Waals surface area contributed by atoms with Gasteiger partial charge in [0, 0.05) is 10.6 Å². The summed E-state index contributed by atoms with van der Waals surface area (Å²) < 4.78 is 10.4. The van der Waals surface area contributed by atoms with Crippen molar-refractivity contribution in [1.29, 1.82) is 0 Å². The predicted octanol–water partition coefficient (Wildman–Crippen LogP) is 4.02. The summed E-state index contributed by atoms with van der Waals surface area (Å²) in [6.07, 6.45) is 0. The van der Waals surface area contributed by atoms with Crippen LogP contribution in [0.25, 0.3) is 11.1 Å². The van der Waals surface area contributed by atoms with Crippen LogP contribution in [0.15, 0.2) is 42.5 Å². The van der Waals surface area contributed by atoms with Crippen molar-refractivity contribution < 1.29 is 9.47 Å². The van der Waals surface area contributed by atoms with Crippen molar-refractivity contribution in [3.63, 3.8) is 0 Å². The maximum absolute atomic E-state index is 5.93. The molecular formula is C14H13ClO2. The Morgan fingerprint density at radius 1 is 0.882 bits per heavy atom. The van der Waals surface area contributed by atoms with E-state index in [4.69, 9.17) is 21.1 Å². The molecule has 0 radical (unpaired) electrons. The number of hydrogen-bond donors (Lipinski definition) is 0. The molecule has 0 saturated carbocycles. The van der Waals surface area contributed by atoms with E-state index in [2.05, 4.69) is 0 Å². The van der Waals surface area contributed by atoms with Crippen molar-refractivity contribution >= 4 is 11.6 Å². The Bertz CT molecular complexity index is 506. The number of benzene rings is 2. The van der Waals surface area contributed by atoms with Crippen LogP contribution < -0.4 is 9.47 Å². The van der Waals surface area contributed by atoms with Gasteiger partial charge in [-0.3, -0.25) is 0 Å². The van der Waals surface area contributed by atoms with Gasteiger partial charge in [0.25, 0.3) is 0 Å². The molecule has 0 heterocycles. The molecule has 0 atom stereocenters. The molecule has 88 valence electrons. The zero-order chi connectivity index (χ0) is 12.3. The monoisotopic (exact) mass is 248 g/mol. The maximum atomic E-state index is 5.93. The molecule has 0 aromatic heterocycles. The molecular weight excluding hydrogens is 236 g/mol. The minimum atomic E-state index is 0.666. The Morgan fingerprint density at radius 2 is 1.59 bits per heavy atom. The SMILES string of the molecule is COc1ccc(-c2ccc(Cl)cc2OC)cc1. The van der Waals surface area contributed by atoms with Crippen LogP contribution in [0, 0.1) is 0 Å². The molecule has 0 unspecified atom stereocenters. The molecule has 0 spiro atoms. The third-order valence-electron chi connectivity index (χ3n) is 2.56. The molecule has 0 aliphatic carbocycles. The zero-order valence-corrected chi connectivity index (χ0v) is 10.5. The topological polar surface area (TPSA) is 18.5 Å². The normalized spacial score (nSPS) is 10.1. The standard InChI is InChI=1S/C14H13ClO2/c1-16-12-6-3-10(4-7-12)13-8-5-11(15)9-14(13)17-2/h3-9H,1-2H3. The molecule has 0 fully saturated rings. The van der Waals surface area contributed by atoms with Crippen LogP contribution >= 0.6 is 11.6 Å². The number of methoxy groups -OCH3 is 2. The molecule has 2 nitrogen and oxygen atoms in total. The lowest BCUT2D eigenvalue weighted by molar-refractivity contribution is 0.414. The fourth-order valence-electron chi connectivity index (χ4n) is 1.67. The Balaban J connectivity index is 2.44. The van der Waals surface area contributed by atoms with E-state index in [1.807, 2.05) is 36.4 Å². The highest BCUT2D eigenvalue weighted by atomic mass is 35.5. The molecule has 0 aliphatic rings. The van der Waals surface area contributed by atoms with Gasteiger partial charge in [-0.15, -0.1) is 0 Å². The zero-order valence-electron chi connectivity index (χ0n) is 9.74. The van der Waals surface area contributed by atoms with E-state index >= 15 is 0 Å². The highest BCUT2D eigenvalue weighted by Crippen LogP contribution is 2.33. The Labute approximate surface area is 106 Å². The van der Waals surface area contributed by atoms with E-state index in [-0.39, 0.29) is 0 Å². The van der Waals surface area contributed by atoms with Crippen molar-refractivity contribution in [2.45, 2.75) is 0 Å². The van der Waals surface area contributed by atoms with Gasteiger partial charge in [0.2, 0.25) is 0 Å². The fourth-order valence-corrected chi connectivity index (χ4v) is 1.84. The van der Waals surface area contributed by atoms with Crippen LogP contribution in [-0.4, -0.2) is 14.2 Å². The number of halogens is 1. The van der Waals surface area contributed by atoms with Gasteiger partial charge in [0.15, 0.2) is 0 Å². The lowest BCUT2D eigenvalue weighted by Gasteiger charge is -2.09. The minimum Gasteiger partial charge on any atom is -0.497 e. The second kappa shape index (κ2) is 5.11. The van der Waals surface area contributed by atoms with Crippen molar-refractivity contribution in [3.05, 3.63) is 47.5 Å². The van der Waals surface area contributed by atoms with Crippen LogP contribution in [0.5, 0.6) is 11.5 Å². The van der Waals surface area contributed by atoms with Gasteiger partial charge in [0.1, 0.15) is 11.5 Å². The molecule has 3 heteroatoms. The van der Waals surface area contributed by atoms with Gasteiger partial charge in [-0.1, -0.05) is 23.7 Å². The summed E-state index contributed by atoms with van der Waals surface area (Å²) in [6.45, 7) is 0. The van der Waals surface area contributed by atoms with Gasteiger partial charge in [-0.05, 0) is 35.9 Å². The smallest absolute Gasteiger partial charge is 0.128 e. The molecule has 2 aromatic carbocycles. The molecule has 0 saturated heterocycles. The summed E-state index contributed by atoms with van der Waals surface area (Å²) in [5.41, 5.74) is 2.08. The Morgan fingerprint density at radius 3 is 2.18 bits per heavy atom. The van der Waals surface area contributed by atoms with Gasteiger partial charge >= 0.3 is 0 Å². The minimum absolute atomic E-state index is 0.666. The van der Waals surface area contributed by atoms with Crippen LogP contribution in [0.1, 0.15) is 0 Å². The first-order valence-electron chi connectivity index (χ1n) is 5.22. The lowest BCUT2D eigenvalue weighted by Crippen LogP contribution is -1.88. The van der Waals surface area contributed by atoms with E-state index in [1.165, 1.54) is 0 Å². The molecule has 0 N–H and O–H groups in total. The third-order valence-corrected chi connectivity index (χ3v) is 2.80. The first kappa shape index (κ1) is 11.8. The average molecular weight is 249 g/mol.